The van der Waals surface area contributed by atoms with E-state index in [0.717, 1.165) is 17.2 Å². The number of aryl methyl sites for hydroxylation is 1. The highest BCUT2D eigenvalue weighted by Gasteiger charge is 2.09. The Morgan fingerprint density at radius 1 is 1.35 bits per heavy atom. The Morgan fingerprint density at radius 2 is 2.12 bits per heavy atom. The van der Waals surface area contributed by atoms with Crippen LogP contribution in [0.3, 0.4) is 0 Å². The molecule has 1 aromatic heterocycles. The first-order chi connectivity index (χ1) is 8.29. The van der Waals surface area contributed by atoms with Crippen molar-refractivity contribution in [2.75, 3.05) is 5.88 Å². The summed E-state index contributed by atoms with van der Waals surface area (Å²) in [6.45, 7) is 2.78. The van der Waals surface area contributed by atoms with Gasteiger partial charge < -0.3 is 5.32 Å². The lowest BCUT2D eigenvalue weighted by atomic mass is 10.1. The number of alkyl halides is 1. The second-order valence-electron chi connectivity index (χ2n) is 3.86. The monoisotopic (exact) mass is 266 g/mol. The van der Waals surface area contributed by atoms with Crippen molar-refractivity contribution >= 4 is 22.9 Å². The molecule has 0 amide bonds. The molecule has 90 valence electrons. The number of aromatic nitrogens is 1. The first-order valence-corrected chi connectivity index (χ1v) is 6.96. The van der Waals surface area contributed by atoms with Gasteiger partial charge in [-0.25, -0.2) is 4.98 Å². The molecule has 2 nitrogen and oxygen atoms in total. The highest BCUT2D eigenvalue weighted by atomic mass is 35.5. The standard InChI is InChI=1S/C13H15ClN2S/c1-10-16-12(9-17-10)8-15-13(7-14)11-5-3-2-4-6-11/h2-6,9,13,15H,7-8H2,1H3. The zero-order valence-corrected chi connectivity index (χ0v) is 11.3. The topological polar surface area (TPSA) is 24.9 Å². The molecule has 0 radical (unpaired) electrons. The van der Waals surface area contributed by atoms with Gasteiger partial charge in [0.2, 0.25) is 0 Å². The maximum absolute atomic E-state index is 5.99. The highest BCUT2D eigenvalue weighted by molar-refractivity contribution is 7.09. The van der Waals surface area contributed by atoms with Crippen LogP contribution in [0.15, 0.2) is 35.7 Å². The van der Waals surface area contributed by atoms with E-state index in [0.29, 0.717) is 5.88 Å². The third-order valence-corrected chi connectivity index (χ3v) is 3.68. The largest absolute Gasteiger partial charge is 0.303 e. The van der Waals surface area contributed by atoms with E-state index in [1.807, 2.05) is 25.1 Å². The van der Waals surface area contributed by atoms with Crippen LogP contribution in [0.2, 0.25) is 0 Å². The molecule has 0 bridgehead atoms. The molecule has 2 rings (SSSR count). The van der Waals surface area contributed by atoms with Gasteiger partial charge in [0.15, 0.2) is 0 Å². The van der Waals surface area contributed by atoms with Gasteiger partial charge in [-0.3, -0.25) is 0 Å². The minimum Gasteiger partial charge on any atom is -0.303 e. The lowest BCUT2D eigenvalue weighted by Gasteiger charge is -2.15. The molecule has 0 aliphatic rings. The molecule has 17 heavy (non-hydrogen) atoms. The predicted octanol–water partition coefficient (Wildman–Crippen LogP) is 3.52. The fraction of sp³-hybridized carbons (Fsp3) is 0.308. The number of thiazole rings is 1. The first kappa shape index (κ1) is 12.6. The number of hydrogen-bond acceptors (Lipinski definition) is 3. The summed E-state index contributed by atoms with van der Waals surface area (Å²) < 4.78 is 0. The van der Waals surface area contributed by atoms with Crippen molar-refractivity contribution in [3.8, 4) is 0 Å². The molecule has 4 heteroatoms. The van der Waals surface area contributed by atoms with Crippen molar-refractivity contribution in [1.82, 2.24) is 10.3 Å². The Bertz CT molecular complexity index is 455. The van der Waals surface area contributed by atoms with E-state index in [1.165, 1.54) is 5.56 Å². The minimum absolute atomic E-state index is 0.180. The zero-order valence-electron chi connectivity index (χ0n) is 9.69. The molecule has 2 aromatic rings. The quantitative estimate of drug-likeness (QED) is 0.838. The molecule has 1 heterocycles. The number of halogens is 1. The fourth-order valence-electron chi connectivity index (χ4n) is 1.66. The van der Waals surface area contributed by atoms with E-state index in [2.05, 4.69) is 27.8 Å². The van der Waals surface area contributed by atoms with Gasteiger partial charge in [0.05, 0.1) is 10.7 Å². The van der Waals surface area contributed by atoms with Gasteiger partial charge in [0.1, 0.15) is 0 Å². The van der Waals surface area contributed by atoms with Gasteiger partial charge in [-0.05, 0) is 12.5 Å². The van der Waals surface area contributed by atoms with Crippen LogP contribution in [-0.4, -0.2) is 10.9 Å². The normalized spacial score (nSPS) is 12.6. The summed E-state index contributed by atoms with van der Waals surface area (Å²) in [4.78, 5) is 4.42. The Labute approximate surface area is 111 Å². The Kier molecular flexibility index (Phi) is 4.54. The van der Waals surface area contributed by atoms with Crippen LogP contribution in [0.4, 0.5) is 0 Å². The SMILES string of the molecule is Cc1nc(CNC(CCl)c2ccccc2)cs1. The van der Waals surface area contributed by atoms with Gasteiger partial charge in [-0.1, -0.05) is 30.3 Å². The molecule has 0 saturated heterocycles. The Morgan fingerprint density at radius 3 is 2.71 bits per heavy atom. The van der Waals surface area contributed by atoms with Crippen molar-refractivity contribution in [3.05, 3.63) is 52.0 Å². The Balaban J connectivity index is 1.97. The van der Waals surface area contributed by atoms with Gasteiger partial charge in [-0.2, -0.15) is 0 Å². The molecular formula is C13H15ClN2S. The van der Waals surface area contributed by atoms with Gasteiger partial charge in [0, 0.05) is 23.8 Å². The Hall–Kier alpha value is -0.900. The number of benzene rings is 1. The summed E-state index contributed by atoms with van der Waals surface area (Å²) in [5, 5.41) is 6.61. The van der Waals surface area contributed by atoms with Crippen LogP contribution in [0.1, 0.15) is 22.3 Å². The summed E-state index contributed by atoms with van der Waals surface area (Å²) in [5.74, 6) is 0.563. The van der Waals surface area contributed by atoms with Crippen molar-refractivity contribution in [1.29, 1.82) is 0 Å². The minimum atomic E-state index is 0.180. The lowest BCUT2D eigenvalue weighted by molar-refractivity contribution is 0.573. The van der Waals surface area contributed by atoms with Crippen molar-refractivity contribution < 1.29 is 0 Å². The number of nitrogens with one attached hydrogen (secondary N) is 1. The van der Waals surface area contributed by atoms with Crippen LogP contribution in [0, 0.1) is 6.92 Å². The smallest absolute Gasteiger partial charge is 0.0897 e. The van der Waals surface area contributed by atoms with E-state index in [4.69, 9.17) is 11.6 Å². The summed E-state index contributed by atoms with van der Waals surface area (Å²) >= 11 is 7.67. The van der Waals surface area contributed by atoms with Crippen molar-refractivity contribution in [3.63, 3.8) is 0 Å². The maximum atomic E-state index is 5.99. The summed E-state index contributed by atoms with van der Waals surface area (Å²) in [6, 6.07) is 10.4. The molecule has 1 aromatic carbocycles. The van der Waals surface area contributed by atoms with Gasteiger partial charge in [0.25, 0.3) is 0 Å². The molecule has 1 atom stereocenters. The number of hydrogen-bond donors (Lipinski definition) is 1. The summed E-state index contributed by atoms with van der Waals surface area (Å²) in [7, 11) is 0. The zero-order chi connectivity index (χ0) is 12.1. The summed E-state index contributed by atoms with van der Waals surface area (Å²) in [6.07, 6.45) is 0. The third kappa shape index (κ3) is 3.53. The molecule has 0 aliphatic heterocycles. The maximum Gasteiger partial charge on any atom is 0.0897 e. The number of rotatable bonds is 5. The van der Waals surface area contributed by atoms with Crippen LogP contribution in [-0.2, 0) is 6.54 Å². The van der Waals surface area contributed by atoms with E-state index in [9.17, 15) is 0 Å². The second-order valence-corrected chi connectivity index (χ2v) is 5.23. The lowest BCUT2D eigenvalue weighted by Crippen LogP contribution is -2.22. The molecule has 1 N–H and O–H groups in total. The fourth-order valence-corrected chi connectivity index (χ4v) is 2.56. The van der Waals surface area contributed by atoms with E-state index in [-0.39, 0.29) is 6.04 Å². The van der Waals surface area contributed by atoms with Crippen molar-refractivity contribution in [2.24, 2.45) is 0 Å². The molecule has 0 saturated carbocycles. The average molecular weight is 267 g/mol. The van der Waals surface area contributed by atoms with Crippen molar-refractivity contribution in [2.45, 2.75) is 19.5 Å². The van der Waals surface area contributed by atoms with Crippen LogP contribution in [0.25, 0.3) is 0 Å². The van der Waals surface area contributed by atoms with E-state index >= 15 is 0 Å². The number of nitrogens with zero attached hydrogens (tertiary/aromatic N) is 1. The molecule has 0 fully saturated rings. The molecule has 0 spiro atoms. The molecule has 1 unspecified atom stereocenters. The third-order valence-electron chi connectivity index (χ3n) is 2.55. The van der Waals surface area contributed by atoms with Gasteiger partial charge in [-0.15, -0.1) is 22.9 Å². The summed E-state index contributed by atoms with van der Waals surface area (Å²) in [5.41, 5.74) is 2.30. The molecular weight excluding hydrogens is 252 g/mol. The predicted molar refractivity (Wildman–Crippen MR) is 73.6 cm³/mol. The van der Waals surface area contributed by atoms with E-state index < -0.39 is 0 Å². The van der Waals surface area contributed by atoms with Gasteiger partial charge >= 0.3 is 0 Å². The van der Waals surface area contributed by atoms with Crippen LogP contribution < -0.4 is 5.32 Å². The van der Waals surface area contributed by atoms with Crippen LogP contribution >= 0.6 is 22.9 Å². The molecule has 0 aliphatic carbocycles. The van der Waals surface area contributed by atoms with E-state index in [1.54, 1.807) is 11.3 Å². The average Bonchev–Trinajstić information content (AvgIpc) is 2.77. The second kappa shape index (κ2) is 6.15. The highest BCUT2D eigenvalue weighted by Crippen LogP contribution is 2.15. The van der Waals surface area contributed by atoms with Crippen LogP contribution in [0.5, 0.6) is 0 Å². The first-order valence-electron chi connectivity index (χ1n) is 5.55.